The second kappa shape index (κ2) is 8.25. The van der Waals surface area contributed by atoms with Crippen LogP contribution in [0.2, 0.25) is 0 Å². The minimum absolute atomic E-state index is 0.318. The lowest BCUT2D eigenvalue weighted by Gasteiger charge is -2.20. The van der Waals surface area contributed by atoms with Crippen molar-refractivity contribution in [2.24, 2.45) is 4.99 Å². The molecule has 0 spiro atoms. The molecule has 7 heteroatoms. The summed E-state index contributed by atoms with van der Waals surface area (Å²) in [7, 11) is 1.66. The first kappa shape index (κ1) is 18.8. The Hall–Kier alpha value is -3.50. The van der Waals surface area contributed by atoms with E-state index in [2.05, 4.69) is 16.0 Å². The highest BCUT2D eigenvalue weighted by molar-refractivity contribution is 7.99. The maximum Gasteiger partial charge on any atom is 0.161 e. The Morgan fingerprint density at radius 3 is 2.62 bits per heavy atom. The lowest BCUT2D eigenvalue weighted by molar-refractivity contribution is 0.171. The molecule has 0 bridgehead atoms. The van der Waals surface area contributed by atoms with Crippen molar-refractivity contribution in [3.05, 3.63) is 59.7 Å². The van der Waals surface area contributed by atoms with E-state index in [1.54, 1.807) is 13.3 Å². The van der Waals surface area contributed by atoms with Gasteiger partial charge in [0.2, 0.25) is 0 Å². The van der Waals surface area contributed by atoms with E-state index in [0.717, 1.165) is 10.5 Å². The molecule has 0 radical (unpaired) electrons. The lowest BCUT2D eigenvalue weighted by Crippen LogP contribution is -2.15. The van der Waals surface area contributed by atoms with Crippen molar-refractivity contribution >= 4 is 23.8 Å². The van der Waals surface area contributed by atoms with E-state index in [0.29, 0.717) is 52.2 Å². The number of benzene rings is 2. The van der Waals surface area contributed by atoms with Crippen molar-refractivity contribution in [2.45, 2.75) is 9.92 Å². The van der Waals surface area contributed by atoms with Crippen LogP contribution >= 0.6 is 11.8 Å². The molecule has 0 saturated carbocycles. The molecular formula is C22H18N4O2S. The minimum atomic E-state index is 0.318. The average molecular weight is 402 g/mol. The van der Waals surface area contributed by atoms with Gasteiger partial charge in [-0.3, -0.25) is 4.99 Å². The summed E-state index contributed by atoms with van der Waals surface area (Å²) in [5, 5.41) is 10.6. The van der Waals surface area contributed by atoms with Gasteiger partial charge < -0.3 is 15.2 Å². The summed E-state index contributed by atoms with van der Waals surface area (Å²) in [4.78, 5) is 9.59. The zero-order valence-corrected chi connectivity index (χ0v) is 16.6. The SMILES string of the molecule is CN=Cc1c(N)nc(Sc2ccccc2)c(C#N)c1-c1ccc2c(c1)OCCO2. The summed E-state index contributed by atoms with van der Waals surface area (Å²) >= 11 is 1.40. The predicted molar refractivity (Wildman–Crippen MR) is 114 cm³/mol. The molecule has 1 aliphatic rings. The quantitative estimate of drug-likeness (QED) is 0.658. The largest absolute Gasteiger partial charge is 0.486 e. The Kier molecular flexibility index (Phi) is 5.36. The third-order valence-corrected chi connectivity index (χ3v) is 5.39. The average Bonchev–Trinajstić information content (AvgIpc) is 2.75. The van der Waals surface area contributed by atoms with Gasteiger partial charge in [-0.25, -0.2) is 4.98 Å². The number of nitriles is 1. The predicted octanol–water partition coefficient (Wildman–Crippen LogP) is 4.17. The monoisotopic (exact) mass is 402 g/mol. The number of hydrogen-bond acceptors (Lipinski definition) is 7. The van der Waals surface area contributed by atoms with Gasteiger partial charge in [-0.1, -0.05) is 36.0 Å². The topological polar surface area (TPSA) is 93.5 Å². The number of nitrogen functional groups attached to an aromatic ring is 1. The van der Waals surface area contributed by atoms with Crippen LogP contribution in [-0.4, -0.2) is 31.5 Å². The van der Waals surface area contributed by atoms with Gasteiger partial charge in [0, 0.05) is 29.3 Å². The van der Waals surface area contributed by atoms with E-state index in [9.17, 15) is 5.26 Å². The van der Waals surface area contributed by atoms with Gasteiger partial charge in [-0.15, -0.1) is 0 Å². The number of rotatable bonds is 4. The zero-order chi connectivity index (χ0) is 20.2. The van der Waals surface area contributed by atoms with Gasteiger partial charge in [-0.05, 0) is 29.8 Å². The van der Waals surface area contributed by atoms with Gasteiger partial charge in [0.25, 0.3) is 0 Å². The Morgan fingerprint density at radius 1 is 1.14 bits per heavy atom. The molecular weight excluding hydrogens is 384 g/mol. The Balaban J connectivity index is 1.92. The van der Waals surface area contributed by atoms with Gasteiger partial charge in [0.1, 0.15) is 30.1 Å². The smallest absolute Gasteiger partial charge is 0.161 e. The second-order valence-corrected chi connectivity index (χ2v) is 7.30. The fraction of sp³-hybridized carbons (Fsp3) is 0.136. The Labute approximate surface area is 173 Å². The number of ether oxygens (including phenoxy) is 2. The number of aromatic nitrogens is 1. The van der Waals surface area contributed by atoms with Gasteiger partial charge in [-0.2, -0.15) is 5.26 Å². The molecule has 4 rings (SSSR count). The lowest BCUT2D eigenvalue weighted by atomic mass is 9.96. The van der Waals surface area contributed by atoms with Crippen molar-refractivity contribution in [1.82, 2.24) is 4.98 Å². The fourth-order valence-electron chi connectivity index (χ4n) is 3.13. The van der Waals surface area contributed by atoms with E-state index in [-0.39, 0.29) is 0 Å². The molecule has 2 aromatic carbocycles. The highest BCUT2D eigenvalue weighted by Gasteiger charge is 2.22. The summed E-state index contributed by atoms with van der Waals surface area (Å²) in [6, 6.07) is 17.7. The minimum Gasteiger partial charge on any atom is -0.486 e. The van der Waals surface area contributed by atoms with Crippen molar-refractivity contribution in [3.8, 4) is 28.7 Å². The molecule has 1 aliphatic heterocycles. The van der Waals surface area contributed by atoms with Crippen LogP contribution in [0.15, 0.2) is 63.4 Å². The van der Waals surface area contributed by atoms with E-state index >= 15 is 0 Å². The number of fused-ring (bicyclic) bond motifs is 1. The van der Waals surface area contributed by atoms with Crippen LogP contribution in [-0.2, 0) is 0 Å². The fourth-order valence-corrected chi connectivity index (χ4v) is 4.04. The molecule has 0 aliphatic carbocycles. The first-order chi connectivity index (χ1) is 14.2. The van der Waals surface area contributed by atoms with Crippen LogP contribution in [0.4, 0.5) is 5.82 Å². The summed E-state index contributed by atoms with van der Waals surface area (Å²) in [6.07, 6.45) is 1.63. The molecule has 0 saturated heterocycles. The maximum absolute atomic E-state index is 10.0. The molecule has 6 nitrogen and oxygen atoms in total. The van der Waals surface area contributed by atoms with Crippen LogP contribution in [0, 0.1) is 11.3 Å². The summed E-state index contributed by atoms with van der Waals surface area (Å²) < 4.78 is 11.3. The zero-order valence-electron chi connectivity index (χ0n) is 15.8. The van der Waals surface area contributed by atoms with E-state index < -0.39 is 0 Å². The summed E-state index contributed by atoms with van der Waals surface area (Å²) in [5.41, 5.74) is 8.81. The highest BCUT2D eigenvalue weighted by Crippen LogP contribution is 2.41. The Bertz CT molecular complexity index is 1120. The maximum atomic E-state index is 10.0. The molecule has 1 aromatic heterocycles. The van der Waals surface area contributed by atoms with Crippen LogP contribution < -0.4 is 15.2 Å². The first-order valence-corrected chi connectivity index (χ1v) is 9.81. The normalized spacial score (nSPS) is 12.7. The molecule has 2 N–H and O–H groups in total. The molecule has 0 fully saturated rings. The van der Waals surface area contributed by atoms with E-state index in [4.69, 9.17) is 15.2 Å². The van der Waals surface area contributed by atoms with Crippen LogP contribution in [0.3, 0.4) is 0 Å². The number of nitrogens with two attached hydrogens (primary N) is 1. The van der Waals surface area contributed by atoms with Gasteiger partial charge in [0.15, 0.2) is 11.5 Å². The van der Waals surface area contributed by atoms with Crippen molar-refractivity contribution in [2.75, 3.05) is 26.0 Å². The van der Waals surface area contributed by atoms with Gasteiger partial charge in [0.05, 0.1) is 5.56 Å². The molecule has 144 valence electrons. The van der Waals surface area contributed by atoms with Crippen LogP contribution in [0.5, 0.6) is 11.5 Å². The third-order valence-electron chi connectivity index (χ3n) is 4.39. The standard InChI is InChI=1S/C22H18N4O2S/c1-25-13-17-20(14-7-8-18-19(11-14)28-10-9-27-18)16(12-23)22(26-21(17)24)29-15-5-3-2-4-6-15/h2-8,11,13H,9-10H2,1H3,(H2,24,26). The summed E-state index contributed by atoms with van der Waals surface area (Å²) in [6.45, 7) is 1.00. The number of pyridine rings is 1. The van der Waals surface area contributed by atoms with Gasteiger partial charge >= 0.3 is 0 Å². The molecule has 3 aromatic rings. The highest BCUT2D eigenvalue weighted by atomic mass is 32.2. The van der Waals surface area contributed by atoms with E-state index in [1.165, 1.54) is 11.8 Å². The number of nitrogens with zero attached hydrogens (tertiary/aromatic N) is 3. The van der Waals surface area contributed by atoms with Crippen molar-refractivity contribution in [1.29, 1.82) is 5.26 Å². The van der Waals surface area contributed by atoms with Crippen molar-refractivity contribution < 1.29 is 9.47 Å². The molecule has 2 heterocycles. The molecule has 0 unspecified atom stereocenters. The molecule has 29 heavy (non-hydrogen) atoms. The third kappa shape index (κ3) is 3.75. The second-order valence-electron chi connectivity index (χ2n) is 6.24. The number of hydrogen-bond donors (Lipinski definition) is 1. The van der Waals surface area contributed by atoms with E-state index in [1.807, 2.05) is 48.5 Å². The summed E-state index contributed by atoms with van der Waals surface area (Å²) in [5.74, 6) is 1.65. The number of aliphatic imine (C=N–C) groups is 1. The van der Waals surface area contributed by atoms with Crippen molar-refractivity contribution in [3.63, 3.8) is 0 Å². The Morgan fingerprint density at radius 2 is 1.90 bits per heavy atom. The first-order valence-electron chi connectivity index (χ1n) is 9.00. The number of anilines is 1. The van der Waals surface area contributed by atoms with Crippen LogP contribution in [0.1, 0.15) is 11.1 Å². The molecule has 0 amide bonds. The molecule has 0 atom stereocenters. The van der Waals surface area contributed by atoms with Crippen LogP contribution in [0.25, 0.3) is 11.1 Å².